The number of rotatable bonds is 8. The summed E-state index contributed by atoms with van der Waals surface area (Å²) in [5, 5.41) is 0.349. The van der Waals surface area contributed by atoms with Gasteiger partial charge in [0.2, 0.25) is 5.91 Å². The van der Waals surface area contributed by atoms with Crippen molar-refractivity contribution in [3.8, 4) is 17.2 Å². The number of nitrogens with zero attached hydrogens (tertiary/aromatic N) is 3. The Labute approximate surface area is 256 Å². The van der Waals surface area contributed by atoms with Crippen LogP contribution >= 0.6 is 11.6 Å². The summed E-state index contributed by atoms with van der Waals surface area (Å²) in [6.07, 6.45) is 1.09. The Bertz CT molecular complexity index is 1710. The van der Waals surface area contributed by atoms with E-state index in [1.165, 1.54) is 44.4 Å². The van der Waals surface area contributed by atoms with Crippen LogP contribution in [0.5, 0.6) is 17.2 Å². The molecule has 0 saturated carbocycles. The van der Waals surface area contributed by atoms with Gasteiger partial charge in [-0.2, -0.15) is 0 Å². The van der Waals surface area contributed by atoms with E-state index in [1.807, 2.05) is 0 Å². The van der Waals surface area contributed by atoms with E-state index in [1.54, 1.807) is 62.3 Å². The van der Waals surface area contributed by atoms with Crippen molar-refractivity contribution in [2.24, 2.45) is 0 Å². The first-order chi connectivity index (χ1) is 20.4. The molecular formula is C31H34ClN3O7S. The lowest BCUT2D eigenvalue weighted by atomic mass is 9.80. The van der Waals surface area contributed by atoms with Crippen molar-refractivity contribution in [2.45, 2.75) is 36.2 Å². The molecule has 0 aliphatic carbocycles. The van der Waals surface area contributed by atoms with Crippen LogP contribution in [0.25, 0.3) is 0 Å². The van der Waals surface area contributed by atoms with Crippen LogP contribution < -0.4 is 18.5 Å². The van der Waals surface area contributed by atoms with E-state index < -0.39 is 27.5 Å². The number of carbonyl (C=O) groups excluding carboxylic acids is 2. The predicted octanol–water partition coefficient (Wildman–Crippen LogP) is 4.21. The van der Waals surface area contributed by atoms with E-state index >= 15 is 4.79 Å². The fourth-order valence-corrected chi connectivity index (χ4v) is 7.94. The summed E-state index contributed by atoms with van der Waals surface area (Å²) < 4.78 is 46.5. The van der Waals surface area contributed by atoms with Crippen LogP contribution in [0, 0.1) is 6.92 Å². The van der Waals surface area contributed by atoms with Gasteiger partial charge in [-0.25, -0.2) is 12.7 Å². The third-order valence-corrected chi connectivity index (χ3v) is 10.3. The Morgan fingerprint density at radius 1 is 0.977 bits per heavy atom. The largest absolute Gasteiger partial charge is 0.497 e. The zero-order valence-electron chi connectivity index (χ0n) is 24.9. The average molecular weight is 628 g/mol. The number of ether oxygens (including phenoxy) is 3. The Hall–Kier alpha value is -3.80. The molecule has 2 atom stereocenters. The highest BCUT2D eigenvalue weighted by Crippen LogP contribution is 2.55. The standard InChI is InChI=1S/C31H34ClN3O7S/c1-19-16-25-22(18-23(19)32)31(21-10-7-8-12-26(21)41-5,34-15-9-11-24(34)29(36)33(2)3)30(37)35(25)43(38,39)28-14-13-20(40-4)17-27(28)42-6/h7-8,10,12-14,16-18,24H,9,11,15H2,1-6H3/t24-,31?/m0/s1. The second kappa shape index (κ2) is 11.4. The number of fused-ring (bicyclic) bond motifs is 1. The maximum atomic E-state index is 15.3. The monoisotopic (exact) mass is 627 g/mol. The van der Waals surface area contributed by atoms with Gasteiger partial charge in [-0.15, -0.1) is 0 Å². The molecule has 1 unspecified atom stereocenters. The van der Waals surface area contributed by atoms with Crippen LogP contribution in [0.2, 0.25) is 5.02 Å². The Balaban J connectivity index is 1.88. The van der Waals surface area contributed by atoms with Crippen LogP contribution in [-0.2, 0) is 25.2 Å². The molecule has 2 amide bonds. The molecule has 43 heavy (non-hydrogen) atoms. The van der Waals surface area contributed by atoms with Gasteiger partial charge < -0.3 is 19.1 Å². The first-order valence-electron chi connectivity index (χ1n) is 13.7. The molecule has 2 heterocycles. The first-order valence-corrected chi connectivity index (χ1v) is 15.5. The quantitative estimate of drug-likeness (QED) is 0.366. The van der Waals surface area contributed by atoms with E-state index in [0.717, 1.165) is 4.31 Å². The van der Waals surface area contributed by atoms with Gasteiger partial charge in [0.15, 0.2) is 5.54 Å². The number of anilines is 1. The summed E-state index contributed by atoms with van der Waals surface area (Å²) in [4.78, 5) is 31.9. The summed E-state index contributed by atoms with van der Waals surface area (Å²) in [7, 11) is 3.02. The number of hydrogen-bond acceptors (Lipinski definition) is 8. The number of hydrogen-bond donors (Lipinski definition) is 0. The smallest absolute Gasteiger partial charge is 0.274 e. The minimum atomic E-state index is -4.58. The summed E-state index contributed by atoms with van der Waals surface area (Å²) in [5.74, 6) is -0.210. The summed E-state index contributed by atoms with van der Waals surface area (Å²) >= 11 is 6.71. The maximum absolute atomic E-state index is 15.3. The van der Waals surface area contributed by atoms with Gasteiger partial charge in [-0.3, -0.25) is 14.5 Å². The highest BCUT2D eigenvalue weighted by atomic mass is 35.5. The number of methoxy groups -OCH3 is 3. The van der Waals surface area contributed by atoms with E-state index in [4.69, 9.17) is 25.8 Å². The minimum absolute atomic E-state index is 0.0102. The predicted molar refractivity (Wildman–Crippen MR) is 163 cm³/mol. The number of likely N-dealkylation sites (N-methyl/N-ethyl adjacent to an activating group) is 1. The van der Waals surface area contributed by atoms with Crippen molar-refractivity contribution in [1.29, 1.82) is 0 Å². The van der Waals surface area contributed by atoms with Gasteiger partial charge in [-0.1, -0.05) is 29.8 Å². The van der Waals surface area contributed by atoms with Crippen LogP contribution in [0.4, 0.5) is 5.69 Å². The SMILES string of the molecule is COc1ccc(S(=O)(=O)N2C(=O)C(c3ccccc3OC)(N3CCC[C@H]3C(=O)N(C)C)c3cc(Cl)c(C)cc32)c(OC)c1. The summed E-state index contributed by atoms with van der Waals surface area (Å²) in [6, 6.07) is 13.8. The average Bonchev–Trinajstić information content (AvgIpc) is 3.57. The molecule has 0 aromatic heterocycles. The fourth-order valence-electron chi connectivity index (χ4n) is 6.18. The number of amides is 2. The molecule has 2 aliphatic heterocycles. The summed E-state index contributed by atoms with van der Waals surface area (Å²) in [6.45, 7) is 2.09. The maximum Gasteiger partial charge on any atom is 0.274 e. The van der Waals surface area contributed by atoms with Crippen molar-refractivity contribution in [2.75, 3.05) is 46.3 Å². The number of sulfonamides is 1. The molecule has 228 valence electrons. The van der Waals surface area contributed by atoms with Crippen molar-refractivity contribution in [1.82, 2.24) is 9.80 Å². The van der Waals surface area contributed by atoms with Gasteiger partial charge in [0, 0.05) is 42.9 Å². The lowest BCUT2D eigenvalue weighted by molar-refractivity contribution is -0.138. The molecule has 5 rings (SSSR count). The Morgan fingerprint density at radius 2 is 1.67 bits per heavy atom. The van der Waals surface area contributed by atoms with Crippen LogP contribution in [0.3, 0.4) is 0 Å². The highest BCUT2D eigenvalue weighted by Gasteiger charge is 2.63. The molecular weight excluding hydrogens is 594 g/mol. The third-order valence-electron chi connectivity index (χ3n) is 8.17. The van der Waals surface area contributed by atoms with Crippen LogP contribution in [0.1, 0.15) is 29.5 Å². The number of para-hydroxylation sites is 1. The van der Waals surface area contributed by atoms with Gasteiger partial charge in [0.25, 0.3) is 15.9 Å². The Morgan fingerprint density at radius 3 is 2.33 bits per heavy atom. The van der Waals surface area contributed by atoms with Crippen molar-refractivity contribution in [3.05, 3.63) is 76.3 Å². The van der Waals surface area contributed by atoms with Gasteiger partial charge in [0.05, 0.1) is 33.1 Å². The molecule has 1 fully saturated rings. The van der Waals surface area contributed by atoms with E-state index in [0.29, 0.717) is 52.6 Å². The number of halogens is 1. The number of likely N-dealkylation sites (tertiary alicyclic amines) is 1. The molecule has 3 aromatic rings. The molecule has 12 heteroatoms. The number of aryl methyl sites for hydroxylation is 1. The molecule has 0 spiro atoms. The third kappa shape index (κ3) is 4.61. The zero-order valence-corrected chi connectivity index (χ0v) is 26.5. The number of benzene rings is 3. The molecule has 0 bridgehead atoms. The van der Waals surface area contributed by atoms with Crippen LogP contribution in [0.15, 0.2) is 59.5 Å². The van der Waals surface area contributed by atoms with E-state index in [2.05, 4.69) is 0 Å². The molecule has 0 N–H and O–H groups in total. The highest BCUT2D eigenvalue weighted by molar-refractivity contribution is 7.93. The lowest BCUT2D eigenvalue weighted by Crippen LogP contribution is -2.59. The van der Waals surface area contributed by atoms with Gasteiger partial charge in [-0.05, 0) is 55.7 Å². The molecule has 0 radical (unpaired) electrons. The van der Waals surface area contributed by atoms with E-state index in [-0.39, 0.29) is 22.2 Å². The second-order valence-electron chi connectivity index (χ2n) is 10.7. The van der Waals surface area contributed by atoms with E-state index in [9.17, 15) is 13.2 Å². The first kappa shape index (κ1) is 30.7. The molecule has 10 nitrogen and oxygen atoms in total. The normalized spacial score (nSPS) is 20.2. The van der Waals surface area contributed by atoms with Crippen molar-refractivity contribution in [3.63, 3.8) is 0 Å². The zero-order chi connectivity index (χ0) is 31.3. The number of carbonyl (C=O) groups is 2. The Kier molecular flexibility index (Phi) is 8.10. The van der Waals surface area contributed by atoms with Crippen LogP contribution in [-0.4, -0.2) is 78.0 Å². The van der Waals surface area contributed by atoms with Gasteiger partial charge >= 0.3 is 0 Å². The minimum Gasteiger partial charge on any atom is -0.497 e. The molecule has 2 aliphatic rings. The second-order valence-corrected chi connectivity index (χ2v) is 12.9. The fraction of sp³-hybridized carbons (Fsp3) is 0.355. The molecule has 1 saturated heterocycles. The topological polar surface area (TPSA) is 106 Å². The lowest BCUT2D eigenvalue weighted by Gasteiger charge is -2.42. The summed E-state index contributed by atoms with van der Waals surface area (Å²) in [5.41, 5.74) is -0.306. The van der Waals surface area contributed by atoms with Crippen molar-refractivity contribution >= 4 is 39.1 Å². The van der Waals surface area contributed by atoms with Crippen molar-refractivity contribution < 1.29 is 32.2 Å². The van der Waals surface area contributed by atoms with Gasteiger partial charge in [0.1, 0.15) is 22.1 Å². The molecule has 3 aromatic carbocycles.